The van der Waals surface area contributed by atoms with Gasteiger partial charge in [0.2, 0.25) is 11.7 Å². The first-order chi connectivity index (χ1) is 11.0. The molecule has 1 aliphatic rings. The highest BCUT2D eigenvalue weighted by Crippen LogP contribution is 2.30. The number of nitrogens with one attached hydrogen (secondary N) is 1. The van der Waals surface area contributed by atoms with Crippen LogP contribution in [0.2, 0.25) is 0 Å². The van der Waals surface area contributed by atoms with Crippen molar-refractivity contribution in [1.82, 2.24) is 20.4 Å². The van der Waals surface area contributed by atoms with Crippen molar-refractivity contribution in [1.29, 1.82) is 0 Å². The van der Waals surface area contributed by atoms with Gasteiger partial charge in [-0.1, -0.05) is 17.3 Å². The number of benzene rings is 1. The van der Waals surface area contributed by atoms with Gasteiger partial charge in [0.15, 0.2) is 0 Å². The first kappa shape index (κ1) is 15.9. The van der Waals surface area contributed by atoms with Crippen LogP contribution >= 0.6 is 0 Å². The van der Waals surface area contributed by atoms with Gasteiger partial charge in [0.1, 0.15) is 0 Å². The summed E-state index contributed by atoms with van der Waals surface area (Å²) >= 11 is 0. The molecule has 1 aromatic carbocycles. The summed E-state index contributed by atoms with van der Waals surface area (Å²) in [5.41, 5.74) is -0.187. The Labute approximate surface area is 131 Å². The summed E-state index contributed by atoms with van der Waals surface area (Å²) in [7, 11) is 0. The molecule has 0 radical (unpaired) electrons. The maximum absolute atomic E-state index is 12.6. The molecule has 1 aliphatic heterocycles. The number of alkyl halides is 3. The molecule has 0 atom stereocenters. The molecule has 0 amide bonds. The second-order valence-electron chi connectivity index (χ2n) is 5.47. The van der Waals surface area contributed by atoms with Crippen LogP contribution in [-0.4, -0.2) is 41.2 Å². The van der Waals surface area contributed by atoms with E-state index in [1.807, 2.05) is 0 Å². The molecule has 1 saturated heterocycles. The van der Waals surface area contributed by atoms with Crippen LogP contribution in [0.1, 0.15) is 17.9 Å². The topological polar surface area (TPSA) is 54.2 Å². The lowest BCUT2D eigenvalue weighted by atomic mass is 10.1. The summed E-state index contributed by atoms with van der Waals surface area (Å²) in [6, 6.07) is 4.75. The highest BCUT2D eigenvalue weighted by atomic mass is 19.4. The van der Waals surface area contributed by atoms with Crippen molar-refractivity contribution in [3.8, 4) is 11.4 Å². The molecule has 1 fully saturated rings. The van der Waals surface area contributed by atoms with Gasteiger partial charge in [-0.05, 0) is 31.6 Å². The molecule has 2 heterocycles. The Bertz CT molecular complexity index is 631. The van der Waals surface area contributed by atoms with Crippen LogP contribution in [0.5, 0.6) is 0 Å². The molecule has 1 aromatic heterocycles. The van der Waals surface area contributed by atoms with Gasteiger partial charge in [0.25, 0.3) is 0 Å². The van der Waals surface area contributed by atoms with E-state index in [0.717, 1.165) is 44.7 Å². The van der Waals surface area contributed by atoms with Gasteiger partial charge in [0.05, 0.1) is 12.1 Å². The molecule has 8 heteroatoms. The third kappa shape index (κ3) is 4.08. The number of hydrogen-bond acceptors (Lipinski definition) is 5. The summed E-state index contributed by atoms with van der Waals surface area (Å²) in [5.74, 6) is 0.781. The standard InChI is InChI=1S/C15H17F3N4O/c16-15(17,18)12-4-2-11(3-5-12)14-20-13(23-21-14)10-22-8-1-6-19-7-9-22/h2-5,19H,1,6-10H2. The Morgan fingerprint density at radius 3 is 2.65 bits per heavy atom. The van der Waals surface area contributed by atoms with Gasteiger partial charge < -0.3 is 9.84 Å². The van der Waals surface area contributed by atoms with E-state index in [1.165, 1.54) is 12.1 Å². The van der Waals surface area contributed by atoms with Gasteiger partial charge in [-0.3, -0.25) is 4.90 Å². The minimum atomic E-state index is -4.35. The predicted molar refractivity (Wildman–Crippen MR) is 77.5 cm³/mol. The fourth-order valence-electron chi connectivity index (χ4n) is 2.50. The summed E-state index contributed by atoms with van der Waals surface area (Å²) in [4.78, 5) is 6.49. The zero-order valence-electron chi connectivity index (χ0n) is 12.4. The lowest BCUT2D eigenvalue weighted by Crippen LogP contribution is -2.27. The fraction of sp³-hybridized carbons (Fsp3) is 0.467. The van der Waals surface area contributed by atoms with E-state index in [2.05, 4.69) is 20.4 Å². The highest BCUT2D eigenvalue weighted by molar-refractivity contribution is 5.54. The van der Waals surface area contributed by atoms with Gasteiger partial charge in [-0.25, -0.2) is 0 Å². The van der Waals surface area contributed by atoms with Crippen molar-refractivity contribution in [3.63, 3.8) is 0 Å². The van der Waals surface area contributed by atoms with Crippen LogP contribution in [-0.2, 0) is 12.7 Å². The molecular weight excluding hydrogens is 309 g/mol. The summed E-state index contributed by atoms with van der Waals surface area (Å²) in [5, 5.41) is 7.17. The van der Waals surface area contributed by atoms with E-state index in [9.17, 15) is 13.2 Å². The van der Waals surface area contributed by atoms with Crippen LogP contribution in [0.25, 0.3) is 11.4 Å². The lowest BCUT2D eigenvalue weighted by molar-refractivity contribution is -0.137. The van der Waals surface area contributed by atoms with Crippen LogP contribution in [0.4, 0.5) is 13.2 Å². The smallest absolute Gasteiger partial charge is 0.338 e. The Hall–Kier alpha value is -1.93. The average molecular weight is 326 g/mol. The van der Waals surface area contributed by atoms with E-state index in [0.29, 0.717) is 23.8 Å². The maximum Gasteiger partial charge on any atom is 0.416 e. The number of rotatable bonds is 3. The highest BCUT2D eigenvalue weighted by Gasteiger charge is 2.30. The van der Waals surface area contributed by atoms with Gasteiger partial charge in [0, 0.05) is 18.7 Å². The van der Waals surface area contributed by atoms with Crippen LogP contribution in [0.3, 0.4) is 0 Å². The van der Waals surface area contributed by atoms with Gasteiger partial charge >= 0.3 is 6.18 Å². The number of nitrogens with zero attached hydrogens (tertiary/aromatic N) is 3. The zero-order chi connectivity index (χ0) is 16.3. The van der Waals surface area contributed by atoms with E-state index >= 15 is 0 Å². The summed E-state index contributed by atoms with van der Waals surface area (Å²) in [6.07, 6.45) is -3.29. The van der Waals surface area contributed by atoms with Crippen LogP contribution in [0, 0.1) is 0 Å². The van der Waals surface area contributed by atoms with Crippen molar-refractivity contribution in [3.05, 3.63) is 35.7 Å². The molecule has 0 unspecified atom stereocenters. The fourth-order valence-corrected chi connectivity index (χ4v) is 2.50. The molecule has 0 spiro atoms. The van der Waals surface area contributed by atoms with E-state index < -0.39 is 11.7 Å². The van der Waals surface area contributed by atoms with E-state index in [4.69, 9.17) is 4.52 Å². The van der Waals surface area contributed by atoms with Crippen molar-refractivity contribution >= 4 is 0 Å². The number of hydrogen-bond donors (Lipinski definition) is 1. The second-order valence-corrected chi connectivity index (χ2v) is 5.47. The van der Waals surface area contributed by atoms with Gasteiger partial charge in [-0.2, -0.15) is 18.2 Å². The largest absolute Gasteiger partial charge is 0.416 e. The third-order valence-electron chi connectivity index (χ3n) is 3.73. The van der Waals surface area contributed by atoms with Crippen molar-refractivity contribution < 1.29 is 17.7 Å². The van der Waals surface area contributed by atoms with Crippen LogP contribution in [0.15, 0.2) is 28.8 Å². The summed E-state index contributed by atoms with van der Waals surface area (Å²) < 4.78 is 42.9. The molecular formula is C15H17F3N4O. The molecule has 5 nitrogen and oxygen atoms in total. The minimum absolute atomic E-state index is 0.307. The minimum Gasteiger partial charge on any atom is -0.338 e. The first-order valence-corrected chi connectivity index (χ1v) is 7.46. The quantitative estimate of drug-likeness (QED) is 0.939. The third-order valence-corrected chi connectivity index (χ3v) is 3.73. The Morgan fingerprint density at radius 2 is 1.91 bits per heavy atom. The molecule has 3 rings (SSSR count). The van der Waals surface area contributed by atoms with Crippen molar-refractivity contribution in [2.75, 3.05) is 26.2 Å². The summed E-state index contributed by atoms with van der Waals surface area (Å²) in [6.45, 7) is 4.31. The monoisotopic (exact) mass is 326 g/mol. The first-order valence-electron chi connectivity index (χ1n) is 7.46. The average Bonchev–Trinajstić information content (AvgIpc) is 2.83. The molecule has 23 heavy (non-hydrogen) atoms. The van der Waals surface area contributed by atoms with Crippen molar-refractivity contribution in [2.24, 2.45) is 0 Å². The molecule has 0 aliphatic carbocycles. The maximum atomic E-state index is 12.6. The van der Waals surface area contributed by atoms with Crippen molar-refractivity contribution in [2.45, 2.75) is 19.1 Å². The Morgan fingerprint density at radius 1 is 1.13 bits per heavy atom. The molecule has 124 valence electrons. The van der Waals surface area contributed by atoms with E-state index in [-0.39, 0.29) is 0 Å². The normalized spacial score (nSPS) is 17.2. The zero-order valence-corrected chi connectivity index (χ0v) is 12.4. The van der Waals surface area contributed by atoms with Gasteiger partial charge in [-0.15, -0.1) is 0 Å². The number of halogens is 3. The van der Waals surface area contributed by atoms with E-state index in [1.54, 1.807) is 0 Å². The predicted octanol–water partition coefficient (Wildman–Crippen LogP) is 2.55. The second kappa shape index (κ2) is 6.67. The molecule has 0 saturated carbocycles. The lowest BCUT2D eigenvalue weighted by Gasteiger charge is -2.16. The Balaban J connectivity index is 1.68. The molecule has 2 aromatic rings. The van der Waals surface area contributed by atoms with Crippen LogP contribution < -0.4 is 5.32 Å². The molecule has 0 bridgehead atoms. The molecule has 1 N–H and O–H groups in total. The number of aromatic nitrogens is 2. The Kier molecular flexibility index (Phi) is 4.63. The SMILES string of the molecule is FC(F)(F)c1ccc(-c2noc(CN3CCCNCC3)n2)cc1.